The van der Waals surface area contributed by atoms with E-state index in [1.165, 1.54) is 0 Å². The summed E-state index contributed by atoms with van der Waals surface area (Å²) in [5.41, 5.74) is 1.29. The molecule has 0 amide bonds. The lowest BCUT2D eigenvalue weighted by molar-refractivity contribution is -0.107. The summed E-state index contributed by atoms with van der Waals surface area (Å²) in [5.74, 6) is 1.65. The molecule has 1 aliphatic heterocycles. The third-order valence-corrected chi connectivity index (χ3v) is 4.89. The number of nitrogens with zero attached hydrogens (tertiary/aromatic N) is 1. The molecule has 26 heavy (non-hydrogen) atoms. The number of likely N-dealkylation sites (tertiary alicyclic amines) is 1. The minimum absolute atomic E-state index is 0.610. The summed E-state index contributed by atoms with van der Waals surface area (Å²) >= 11 is 5.93. The van der Waals surface area contributed by atoms with Gasteiger partial charge in [0, 0.05) is 24.7 Å². The molecule has 4 heteroatoms. The van der Waals surface area contributed by atoms with E-state index < -0.39 is 5.60 Å². The largest absolute Gasteiger partial charge is 0.457 e. The number of hydrogen-bond donors (Lipinski definition) is 1. The standard InChI is InChI=1S/C22H20ClNO2/c23-19-11-9-18(10-12-19)22(25)15-24(16-22)14-17-5-4-8-21(13-17)26-20-6-2-1-3-7-20/h1-13,25H,14-16H2. The van der Waals surface area contributed by atoms with Gasteiger partial charge in [0.05, 0.1) is 0 Å². The van der Waals surface area contributed by atoms with Crippen molar-refractivity contribution in [2.45, 2.75) is 12.1 Å². The predicted molar refractivity (Wildman–Crippen MR) is 104 cm³/mol. The van der Waals surface area contributed by atoms with Gasteiger partial charge in [-0.25, -0.2) is 0 Å². The third-order valence-electron chi connectivity index (χ3n) is 4.64. The lowest BCUT2D eigenvalue weighted by Gasteiger charge is -2.47. The minimum atomic E-state index is -0.789. The van der Waals surface area contributed by atoms with Crippen molar-refractivity contribution in [1.29, 1.82) is 0 Å². The van der Waals surface area contributed by atoms with Crippen LogP contribution in [0.5, 0.6) is 11.5 Å². The van der Waals surface area contributed by atoms with Crippen molar-refractivity contribution in [2.24, 2.45) is 0 Å². The topological polar surface area (TPSA) is 32.7 Å². The summed E-state index contributed by atoms with van der Waals surface area (Å²) in [4.78, 5) is 2.22. The first-order valence-electron chi connectivity index (χ1n) is 8.63. The van der Waals surface area contributed by atoms with Crippen molar-refractivity contribution in [1.82, 2.24) is 4.90 Å². The van der Waals surface area contributed by atoms with E-state index in [4.69, 9.17) is 16.3 Å². The second-order valence-electron chi connectivity index (χ2n) is 6.75. The van der Waals surface area contributed by atoms with E-state index >= 15 is 0 Å². The smallest absolute Gasteiger partial charge is 0.127 e. The summed E-state index contributed by atoms with van der Waals surface area (Å²) in [6, 6.07) is 25.3. The maximum absolute atomic E-state index is 10.8. The van der Waals surface area contributed by atoms with Gasteiger partial charge in [0.2, 0.25) is 0 Å². The molecule has 1 aliphatic rings. The molecular weight excluding hydrogens is 346 g/mol. The molecule has 4 rings (SSSR count). The van der Waals surface area contributed by atoms with Crippen LogP contribution in [0, 0.1) is 0 Å². The Kier molecular flexibility index (Phi) is 4.68. The highest BCUT2D eigenvalue weighted by Crippen LogP contribution is 2.34. The van der Waals surface area contributed by atoms with Crippen molar-refractivity contribution in [3.63, 3.8) is 0 Å². The average molecular weight is 366 g/mol. The van der Waals surface area contributed by atoms with Crippen LogP contribution in [0.1, 0.15) is 11.1 Å². The first-order valence-corrected chi connectivity index (χ1v) is 9.01. The van der Waals surface area contributed by atoms with Gasteiger partial charge < -0.3 is 9.84 Å². The molecule has 1 saturated heterocycles. The van der Waals surface area contributed by atoms with Crippen LogP contribution in [0.3, 0.4) is 0 Å². The molecule has 1 heterocycles. The van der Waals surface area contributed by atoms with Crippen LogP contribution in [-0.4, -0.2) is 23.1 Å². The first-order chi connectivity index (χ1) is 12.6. The summed E-state index contributed by atoms with van der Waals surface area (Å²) in [7, 11) is 0. The molecule has 1 fully saturated rings. The molecule has 1 N–H and O–H groups in total. The number of benzene rings is 3. The average Bonchev–Trinajstić information content (AvgIpc) is 2.62. The first kappa shape index (κ1) is 17.1. The highest BCUT2D eigenvalue weighted by molar-refractivity contribution is 6.30. The molecule has 0 radical (unpaired) electrons. The zero-order valence-corrected chi connectivity index (χ0v) is 15.1. The van der Waals surface area contributed by atoms with Crippen molar-refractivity contribution in [2.75, 3.05) is 13.1 Å². The van der Waals surface area contributed by atoms with Crippen molar-refractivity contribution >= 4 is 11.6 Å². The van der Waals surface area contributed by atoms with Crippen molar-refractivity contribution < 1.29 is 9.84 Å². The van der Waals surface area contributed by atoms with Gasteiger partial charge in [-0.15, -0.1) is 0 Å². The van der Waals surface area contributed by atoms with Crippen LogP contribution in [0.4, 0.5) is 0 Å². The molecule has 3 aromatic rings. The fourth-order valence-electron chi connectivity index (χ4n) is 3.34. The van der Waals surface area contributed by atoms with E-state index in [1.807, 2.05) is 72.8 Å². The van der Waals surface area contributed by atoms with Crippen LogP contribution in [0.15, 0.2) is 78.9 Å². The number of aliphatic hydroxyl groups is 1. The fourth-order valence-corrected chi connectivity index (χ4v) is 3.46. The molecule has 0 aliphatic carbocycles. The Hall–Kier alpha value is -2.33. The second kappa shape index (κ2) is 7.12. The van der Waals surface area contributed by atoms with Gasteiger partial charge in [-0.1, -0.05) is 54.1 Å². The molecule has 0 aromatic heterocycles. The summed E-state index contributed by atoms with van der Waals surface area (Å²) in [5, 5.41) is 11.4. The second-order valence-corrected chi connectivity index (χ2v) is 7.18. The lowest BCUT2D eigenvalue weighted by Crippen LogP contribution is -2.58. The molecule has 0 unspecified atom stereocenters. The Morgan fingerprint density at radius 1 is 0.885 bits per heavy atom. The number of halogens is 1. The summed E-state index contributed by atoms with van der Waals surface area (Å²) in [6.45, 7) is 2.00. The molecule has 3 aromatic carbocycles. The zero-order valence-electron chi connectivity index (χ0n) is 14.3. The molecule has 132 valence electrons. The number of hydrogen-bond acceptors (Lipinski definition) is 3. The van der Waals surface area contributed by atoms with Crippen molar-refractivity contribution in [3.8, 4) is 11.5 Å². The predicted octanol–water partition coefficient (Wildman–Crippen LogP) is 4.84. The third kappa shape index (κ3) is 3.75. The van der Waals surface area contributed by atoms with Crippen LogP contribution in [0.2, 0.25) is 5.02 Å². The molecule has 0 bridgehead atoms. The van der Waals surface area contributed by atoms with E-state index in [2.05, 4.69) is 11.0 Å². The van der Waals surface area contributed by atoms with Crippen LogP contribution >= 0.6 is 11.6 Å². The van der Waals surface area contributed by atoms with Crippen LogP contribution in [-0.2, 0) is 12.1 Å². The van der Waals surface area contributed by atoms with Crippen LogP contribution < -0.4 is 4.74 Å². The van der Waals surface area contributed by atoms with Gasteiger partial charge in [-0.3, -0.25) is 4.90 Å². The van der Waals surface area contributed by atoms with Crippen LogP contribution in [0.25, 0.3) is 0 Å². The SMILES string of the molecule is OC1(c2ccc(Cl)cc2)CN(Cc2cccc(Oc3ccccc3)c2)C1. The van der Waals surface area contributed by atoms with E-state index in [9.17, 15) is 5.11 Å². The van der Waals surface area contributed by atoms with Gasteiger partial charge in [-0.05, 0) is 47.5 Å². The Labute approximate surface area is 158 Å². The quantitative estimate of drug-likeness (QED) is 0.702. The zero-order chi connectivity index (χ0) is 18.0. The molecule has 3 nitrogen and oxygen atoms in total. The molecule has 0 spiro atoms. The maximum Gasteiger partial charge on any atom is 0.127 e. The normalized spacial score (nSPS) is 16.1. The summed E-state index contributed by atoms with van der Waals surface area (Å²) < 4.78 is 5.89. The van der Waals surface area contributed by atoms with E-state index in [0.717, 1.165) is 29.2 Å². The Morgan fingerprint density at radius 2 is 1.58 bits per heavy atom. The Morgan fingerprint density at radius 3 is 2.31 bits per heavy atom. The van der Waals surface area contributed by atoms with Gasteiger partial charge >= 0.3 is 0 Å². The van der Waals surface area contributed by atoms with Gasteiger partial charge in [-0.2, -0.15) is 0 Å². The molecule has 0 saturated carbocycles. The van der Waals surface area contributed by atoms with Gasteiger partial charge in [0.1, 0.15) is 17.1 Å². The molecular formula is C22H20ClNO2. The number of para-hydroxylation sites is 1. The van der Waals surface area contributed by atoms with Gasteiger partial charge in [0.15, 0.2) is 0 Å². The monoisotopic (exact) mass is 365 g/mol. The van der Waals surface area contributed by atoms with Crippen molar-refractivity contribution in [3.05, 3.63) is 95.0 Å². The molecule has 0 atom stereocenters. The fraction of sp³-hybridized carbons (Fsp3) is 0.182. The van der Waals surface area contributed by atoms with E-state index in [0.29, 0.717) is 18.1 Å². The highest BCUT2D eigenvalue weighted by atomic mass is 35.5. The minimum Gasteiger partial charge on any atom is -0.457 e. The summed E-state index contributed by atoms with van der Waals surface area (Å²) in [6.07, 6.45) is 0. The highest BCUT2D eigenvalue weighted by Gasteiger charge is 2.42. The van der Waals surface area contributed by atoms with Gasteiger partial charge in [0.25, 0.3) is 0 Å². The number of β-amino-alcohol motifs (C(OH)–C–C–N with tert-alkyl or cyclic N) is 1. The Balaban J connectivity index is 1.38. The van der Waals surface area contributed by atoms with E-state index in [1.54, 1.807) is 0 Å². The lowest BCUT2D eigenvalue weighted by atomic mass is 9.86. The number of rotatable bonds is 5. The Bertz CT molecular complexity index is 874. The van der Waals surface area contributed by atoms with E-state index in [-0.39, 0.29) is 0 Å². The maximum atomic E-state index is 10.8. The number of ether oxygens (including phenoxy) is 1.